The first-order valence-corrected chi connectivity index (χ1v) is 5.27. The zero-order valence-corrected chi connectivity index (χ0v) is 9.62. The molecule has 2 atom stereocenters. The second kappa shape index (κ2) is 9.50. The molecule has 0 fully saturated rings. The number of hydrogen-bond acceptors (Lipinski definition) is 2. The van der Waals surface area contributed by atoms with Crippen LogP contribution in [0.1, 0.15) is 40.5 Å². The lowest BCUT2D eigenvalue weighted by Gasteiger charge is -2.13. The summed E-state index contributed by atoms with van der Waals surface area (Å²) in [6.45, 7) is 8.39. The Balaban J connectivity index is 0. The molecule has 0 amide bonds. The van der Waals surface area contributed by atoms with Gasteiger partial charge in [0, 0.05) is 12.2 Å². The Kier molecular flexibility index (Phi) is 11.8. The summed E-state index contributed by atoms with van der Waals surface area (Å²) < 4.78 is 10.8. The highest BCUT2D eigenvalue weighted by molar-refractivity contribution is 6.18. The fourth-order valence-electron chi connectivity index (χ4n) is 0.414. The maximum atomic E-state index is 5.42. The van der Waals surface area contributed by atoms with Crippen LogP contribution in [0.3, 0.4) is 0 Å². The number of rotatable bonds is 6. The van der Waals surface area contributed by atoms with Crippen LogP contribution in [0.2, 0.25) is 0 Å². The van der Waals surface area contributed by atoms with Gasteiger partial charge in [-0.3, -0.25) is 0 Å². The smallest absolute Gasteiger partial charge is 0.481 e. The van der Waals surface area contributed by atoms with Crippen LogP contribution < -0.4 is 0 Å². The minimum absolute atomic E-state index is 0. The summed E-state index contributed by atoms with van der Waals surface area (Å²) in [6, 6.07) is 0. The Morgan fingerprint density at radius 1 is 1.00 bits per heavy atom. The third kappa shape index (κ3) is 8.51. The van der Waals surface area contributed by atoms with Crippen molar-refractivity contribution < 1.29 is 13.1 Å². The van der Waals surface area contributed by atoms with Crippen molar-refractivity contribution in [2.75, 3.05) is 0 Å². The lowest BCUT2D eigenvalue weighted by molar-refractivity contribution is 0.131. The van der Waals surface area contributed by atoms with Crippen LogP contribution in [0.5, 0.6) is 0 Å². The summed E-state index contributed by atoms with van der Waals surface area (Å²) in [6.07, 6.45) is 2.84. The predicted molar refractivity (Wildman–Crippen MR) is 51.0 cm³/mol. The fourth-order valence-corrected chi connectivity index (χ4v) is 1.24. The van der Waals surface area contributed by atoms with Gasteiger partial charge in [-0.2, -0.15) is 0 Å². The lowest BCUT2D eigenvalue weighted by atomic mass is 10.3. The van der Waals surface area contributed by atoms with Crippen molar-refractivity contribution in [3.8, 4) is 0 Å². The van der Waals surface area contributed by atoms with Crippen LogP contribution in [0, 0.1) is 0 Å². The van der Waals surface area contributed by atoms with Gasteiger partial charge in [-0.05, 0) is 26.7 Å². The van der Waals surface area contributed by atoms with Gasteiger partial charge in [0.1, 0.15) is 0 Å². The van der Waals surface area contributed by atoms with Crippen LogP contribution in [0.4, 0.5) is 0 Å². The van der Waals surface area contributed by atoms with Crippen LogP contribution in [-0.2, 0) is 7.58 Å². The minimum atomic E-state index is -0.250. The van der Waals surface area contributed by atoms with Gasteiger partial charge in [-0.15, -0.1) is 0 Å². The van der Waals surface area contributed by atoms with Crippen molar-refractivity contribution in [3.05, 3.63) is 0 Å². The molecule has 4 heteroatoms. The molecule has 12 heavy (non-hydrogen) atoms. The van der Waals surface area contributed by atoms with E-state index in [1.54, 1.807) is 0 Å². The van der Waals surface area contributed by atoms with Gasteiger partial charge in [0.25, 0.3) is 0 Å². The first-order valence-electron chi connectivity index (χ1n) is 4.33. The van der Waals surface area contributed by atoms with Gasteiger partial charge >= 0.3 is 15.9 Å². The lowest BCUT2D eigenvalue weighted by Crippen LogP contribution is -2.17. The van der Waals surface area contributed by atoms with E-state index in [1.165, 1.54) is 0 Å². The van der Waals surface area contributed by atoms with Gasteiger partial charge in [-0.25, -0.2) is 0 Å². The Morgan fingerprint density at radius 3 is 1.58 bits per heavy atom. The van der Waals surface area contributed by atoms with Crippen molar-refractivity contribution in [1.82, 2.24) is 0 Å². The molecular weight excluding hydrogens is 171 g/mol. The molecule has 3 nitrogen and oxygen atoms in total. The van der Waals surface area contributed by atoms with Gasteiger partial charge in [0.2, 0.25) is 0 Å². The van der Waals surface area contributed by atoms with Gasteiger partial charge < -0.3 is 13.1 Å². The Morgan fingerprint density at radius 2 is 1.33 bits per heavy atom. The monoisotopic (exact) mass is 191 g/mol. The summed E-state index contributed by atoms with van der Waals surface area (Å²) in [7, 11) is 0. The standard InChI is InChI=1S/2C4H9O.Al.H2O/c2*1-3-4(2)5;;/h2*4H,3H2,1-2H3;;1H2/q2*-1;+2;. The SMILES string of the molecule is CCC(C)[O][Al][O]C(C)CC.O. The second-order valence-corrected chi connectivity index (χ2v) is 3.54. The predicted octanol–water partition coefficient (Wildman–Crippen LogP) is 1.33. The molecule has 0 saturated carbocycles. The van der Waals surface area contributed by atoms with Crippen LogP contribution in [-0.4, -0.2) is 33.6 Å². The molecule has 0 bridgehead atoms. The van der Waals surface area contributed by atoms with E-state index in [0.717, 1.165) is 12.8 Å². The molecule has 0 aromatic heterocycles. The van der Waals surface area contributed by atoms with Crippen LogP contribution in [0.25, 0.3) is 0 Å². The minimum Gasteiger partial charge on any atom is -0.481 e. The Hall–Kier alpha value is 0.412. The highest BCUT2D eigenvalue weighted by Gasteiger charge is 2.05. The fraction of sp³-hybridized carbons (Fsp3) is 1.00. The maximum Gasteiger partial charge on any atom is 0.668 e. The molecule has 2 N–H and O–H groups in total. The highest BCUT2D eigenvalue weighted by Crippen LogP contribution is 1.98. The summed E-state index contributed by atoms with van der Waals surface area (Å²) in [5.74, 6) is 0. The molecule has 0 aromatic rings. The van der Waals surface area contributed by atoms with E-state index in [0.29, 0.717) is 12.2 Å². The first kappa shape index (κ1) is 14.9. The quantitative estimate of drug-likeness (QED) is 0.594. The van der Waals surface area contributed by atoms with E-state index >= 15 is 0 Å². The molecule has 0 heterocycles. The molecule has 1 radical (unpaired) electrons. The molecule has 0 aliphatic heterocycles. The van der Waals surface area contributed by atoms with Gasteiger partial charge in [0.05, 0.1) is 0 Å². The Labute approximate surface area is 82.1 Å². The third-order valence-corrected chi connectivity index (χ3v) is 2.88. The van der Waals surface area contributed by atoms with Gasteiger partial charge in [-0.1, -0.05) is 13.8 Å². The van der Waals surface area contributed by atoms with Crippen molar-refractivity contribution in [3.63, 3.8) is 0 Å². The molecule has 0 rings (SSSR count). The molecule has 0 aliphatic carbocycles. The average Bonchev–Trinajstić information content (AvgIpc) is 2.04. The van der Waals surface area contributed by atoms with E-state index in [-0.39, 0.29) is 21.4 Å². The van der Waals surface area contributed by atoms with Gasteiger partial charge in [0.15, 0.2) is 0 Å². The van der Waals surface area contributed by atoms with Crippen molar-refractivity contribution in [1.29, 1.82) is 0 Å². The maximum absolute atomic E-state index is 5.42. The molecular formula is C8H20AlO3. The Bertz CT molecular complexity index is 80.4. The summed E-state index contributed by atoms with van der Waals surface area (Å²) in [5.41, 5.74) is 0. The molecule has 0 spiro atoms. The van der Waals surface area contributed by atoms with Crippen LogP contribution in [0.15, 0.2) is 0 Å². The summed E-state index contributed by atoms with van der Waals surface area (Å²) in [4.78, 5) is 0. The second-order valence-electron chi connectivity index (χ2n) is 2.81. The zero-order chi connectivity index (χ0) is 8.69. The van der Waals surface area contributed by atoms with E-state index in [1.807, 2.05) is 0 Å². The average molecular weight is 191 g/mol. The van der Waals surface area contributed by atoms with Crippen molar-refractivity contribution in [2.24, 2.45) is 0 Å². The largest absolute Gasteiger partial charge is 0.668 e. The zero-order valence-electron chi connectivity index (χ0n) is 8.46. The number of hydrogen-bond donors (Lipinski definition) is 0. The normalized spacial score (nSPS) is 14.7. The highest BCUT2D eigenvalue weighted by atomic mass is 27.2. The van der Waals surface area contributed by atoms with Crippen molar-refractivity contribution in [2.45, 2.75) is 52.7 Å². The summed E-state index contributed by atoms with van der Waals surface area (Å²) in [5, 5.41) is 0. The van der Waals surface area contributed by atoms with E-state index in [9.17, 15) is 0 Å². The summed E-state index contributed by atoms with van der Waals surface area (Å²) >= 11 is -0.250. The molecule has 0 aromatic carbocycles. The van der Waals surface area contributed by atoms with E-state index in [2.05, 4.69) is 27.7 Å². The molecule has 0 saturated heterocycles. The molecule has 73 valence electrons. The van der Waals surface area contributed by atoms with E-state index in [4.69, 9.17) is 7.58 Å². The van der Waals surface area contributed by atoms with Crippen LogP contribution >= 0.6 is 0 Å². The topological polar surface area (TPSA) is 50.0 Å². The van der Waals surface area contributed by atoms with Crippen molar-refractivity contribution >= 4 is 15.9 Å². The molecule has 2 unspecified atom stereocenters. The van der Waals surface area contributed by atoms with E-state index < -0.39 is 0 Å². The molecule has 0 aliphatic rings. The third-order valence-electron chi connectivity index (χ3n) is 1.73. The first-order chi connectivity index (χ1) is 5.20.